The smallest absolute Gasteiger partial charge is 0.363 e. The predicted octanol–water partition coefficient (Wildman–Crippen LogP) is 6.19. The molecule has 0 fully saturated rings. The van der Waals surface area contributed by atoms with Crippen molar-refractivity contribution < 1.29 is 28.6 Å². The zero-order valence-electron chi connectivity index (χ0n) is 23.2. The van der Waals surface area contributed by atoms with Gasteiger partial charge in [-0.25, -0.2) is 19.4 Å². The van der Waals surface area contributed by atoms with E-state index in [0.717, 1.165) is 34.5 Å². The molecule has 1 aromatic heterocycles. The molecule has 0 radical (unpaired) electrons. The zero-order valence-corrected chi connectivity index (χ0v) is 23.2. The number of aromatic nitrogens is 2. The van der Waals surface area contributed by atoms with Gasteiger partial charge in [0.05, 0.1) is 13.2 Å². The fraction of sp³-hybridized carbons (Fsp3) is 0.355. The summed E-state index contributed by atoms with van der Waals surface area (Å²) < 4.78 is 17.3. The molecule has 1 amide bonds. The van der Waals surface area contributed by atoms with Gasteiger partial charge in [-0.15, -0.1) is 0 Å². The van der Waals surface area contributed by atoms with E-state index in [1.807, 2.05) is 36.4 Å². The fourth-order valence-corrected chi connectivity index (χ4v) is 3.75. The van der Waals surface area contributed by atoms with Gasteiger partial charge in [-0.1, -0.05) is 69.9 Å². The third kappa shape index (κ3) is 9.72. The summed E-state index contributed by atoms with van der Waals surface area (Å²) >= 11 is 0. The number of esters is 2. The van der Waals surface area contributed by atoms with Crippen LogP contribution in [0.1, 0.15) is 62.9 Å². The number of amides is 1. The molecule has 9 heteroatoms. The molecule has 1 heterocycles. The van der Waals surface area contributed by atoms with Gasteiger partial charge in [-0.05, 0) is 48.7 Å². The standard InChI is InChI=1S/C31H37N3O6/c1-4-5-6-7-8-9-19-38-26-14-10-24(11-15-26)25-12-16-27(17-13-25)40-30(36)28-21-34(22-33-28)31(37)32-18-20-39-29(35)23(2)3/h10-17,21-22H,2,4-9,18-20H2,1,3H3,(H,32,37). The number of nitrogens with zero attached hydrogens (tertiary/aromatic N) is 2. The highest BCUT2D eigenvalue weighted by atomic mass is 16.5. The van der Waals surface area contributed by atoms with Gasteiger partial charge >= 0.3 is 18.0 Å². The Hall–Kier alpha value is -4.40. The van der Waals surface area contributed by atoms with Crippen LogP contribution in [0.3, 0.4) is 0 Å². The first kappa shape index (κ1) is 30.1. The van der Waals surface area contributed by atoms with Crippen LogP contribution in [0.25, 0.3) is 11.1 Å². The number of hydrogen-bond donors (Lipinski definition) is 1. The number of rotatable bonds is 15. The summed E-state index contributed by atoms with van der Waals surface area (Å²) in [5.74, 6) is -0.0220. The second kappa shape index (κ2) is 15.9. The van der Waals surface area contributed by atoms with Crippen molar-refractivity contribution in [2.75, 3.05) is 19.8 Å². The molecular weight excluding hydrogens is 510 g/mol. The maximum atomic E-state index is 12.5. The number of imidazole rings is 1. The third-order valence-corrected chi connectivity index (χ3v) is 6.01. The highest BCUT2D eigenvalue weighted by Gasteiger charge is 2.15. The minimum atomic E-state index is -0.693. The van der Waals surface area contributed by atoms with Gasteiger partial charge in [0.15, 0.2) is 5.69 Å². The van der Waals surface area contributed by atoms with Crippen molar-refractivity contribution >= 4 is 18.0 Å². The van der Waals surface area contributed by atoms with Crippen molar-refractivity contribution in [2.45, 2.75) is 52.4 Å². The summed E-state index contributed by atoms with van der Waals surface area (Å²) in [6, 6.07) is 14.5. The molecule has 212 valence electrons. The van der Waals surface area contributed by atoms with Crippen LogP contribution in [0.5, 0.6) is 11.5 Å². The first-order chi connectivity index (χ1) is 19.4. The molecule has 0 aliphatic rings. The summed E-state index contributed by atoms with van der Waals surface area (Å²) in [4.78, 5) is 40.0. The molecule has 3 aromatic rings. The van der Waals surface area contributed by atoms with E-state index in [0.29, 0.717) is 5.75 Å². The van der Waals surface area contributed by atoms with Crippen LogP contribution in [0.2, 0.25) is 0 Å². The average molecular weight is 548 g/mol. The summed E-state index contributed by atoms with van der Waals surface area (Å²) in [6.07, 6.45) is 9.85. The average Bonchev–Trinajstić information content (AvgIpc) is 3.46. The first-order valence-electron chi connectivity index (χ1n) is 13.6. The van der Waals surface area contributed by atoms with Crippen molar-refractivity contribution in [1.29, 1.82) is 0 Å². The maximum Gasteiger partial charge on any atom is 0.363 e. The molecule has 0 saturated heterocycles. The zero-order chi connectivity index (χ0) is 28.7. The van der Waals surface area contributed by atoms with Gasteiger partial charge in [0.25, 0.3) is 0 Å². The van der Waals surface area contributed by atoms with E-state index >= 15 is 0 Å². The number of nitrogens with one attached hydrogen (secondary N) is 1. The molecule has 0 aliphatic carbocycles. The number of ether oxygens (including phenoxy) is 3. The molecule has 3 rings (SSSR count). The molecule has 0 unspecified atom stereocenters. The summed E-state index contributed by atoms with van der Waals surface area (Å²) in [6.45, 7) is 8.05. The third-order valence-electron chi connectivity index (χ3n) is 6.01. The van der Waals surface area contributed by atoms with E-state index in [1.165, 1.54) is 51.6 Å². The fourth-order valence-electron chi connectivity index (χ4n) is 3.75. The Bertz CT molecular complexity index is 1260. The molecule has 0 aliphatic heterocycles. The Kier molecular flexibility index (Phi) is 12.0. The van der Waals surface area contributed by atoms with Crippen LogP contribution < -0.4 is 14.8 Å². The van der Waals surface area contributed by atoms with Gasteiger partial charge in [0.2, 0.25) is 0 Å². The van der Waals surface area contributed by atoms with Gasteiger partial charge in [-0.3, -0.25) is 4.57 Å². The lowest BCUT2D eigenvalue weighted by molar-refractivity contribution is -0.138. The number of carbonyl (C=O) groups excluding carboxylic acids is 3. The lowest BCUT2D eigenvalue weighted by Gasteiger charge is -2.08. The van der Waals surface area contributed by atoms with Crippen LogP contribution in [-0.2, 0) is 9.53 Å². The van der Waals surface area contributed by atoms with E-state index in [-0.39, 0.29) is 24.4 Å². The quantitative estimate of drug-likeness (QED) is 0.105. The van der Waals surface area contributed by atoms with E-state index in [4.69, 9.17) is 14.2 Å². The molecule has 0 spiro atoms. The molecule has 2 aromatic carbocycles. The van der Waals surface area contributed by atoms with E-state index in [1.54, 1.807) is 12.1 Å². The van der Waals surface area contributed by atoms with Crippen LogP contribution in [-0.4, -0.2) is 47.3 Å². The predicted molar refractivity (Wildman–Crippen MR) is 153 cm³/mol. The van der Waals surface area contributed by atoms with Crippen LogP contribution in [0, 0.1) is 0 Å². The lowest BCUT2D eigenvalue weighted by Crippen LogP contribution is -2.31. The Balaban J connectivity index is 1.43. The highest BCUT2D eigenvalue weighted by molar-refractivity contribution is 5.90. The van der Waals surface area contributed by atoms with Crippen molar-refractivity contribution in [3.05, 3.63) is 78.9 Å². The van der Waals surface area contributed by atoms with E-state index in [2.05, 4.69) is 23.8 Å². The van der Waals surface area contributed by atoms with Crippen LogP contribution in [0.4, 0.5) is 4.79 Å². The normalized spacial score (nSPS) is 10.6. The van der Waals surface area contributed by atoms with Crippen molar-refractivity contribution in [3.8, 4) is 22.6 Å². The molecule has 0 bridgehead atoms. The SMILES string of the molecule is C=C(C)C(=O)OCCNC(=O)n1cnc(C(=O)Oc2ccc(-c3ccc(OCCCCCCCC)cc3)cc2)c1. The summed E-state index contributed by atoms with van der Waals surface area (Å²) in [5.41, 5.74) is 2.24. The summed E-state index contributed by atoms with van der Waals surface area (Å²) in [5, 5.41) is 2.56. The molecule has 0 saturated carbocycles. The van der Waals surface area contributed by atoms with E-state index < -0.39 is 18.0 Å². The Morgan fingerprint density at radius 2 is 1.50 bits per heavy atom. The van der Waals surface area contributed by atoms with Gasteiger partial charge < -0.3 is 19.5 Å². The number of unbranched alkanes of at least 4 members (excludes halogenated alkanes) is 5. The first-order valence-corrected chi connectivity index (χ1v) is 13.6. The largest absolute Gasteiger partial charge is 0.494 e. The Labute approximate surface area is 235 Å². The molecule has 1 N–H and O–H groups in total. The van der Waals surface area contributed by atoms with Crippen molar-refractivity contribution in [3.63, 3.8) is 0 Å². The highest BCUT2D eigenvalue weighted by Crippen LogP contribution is 2.25. The molecule has 9 nitrogen and oxygen atoms in total. The number of carbonyl (C=O) groups is 3. The minimum Gasteiger partial charge on any atom is -0.494 e. The molecule has 0 atom stereocenters. The number of hydrogen-bond acceptors (Lipinski definition) is 7. The maximum absolute atomic E-state index is 12.5. The summed E-state index contributed by atoms with van der Waals surface area (Å²) in [7, 11) is 0. The molecular formula is C31H37N3O6. The monoisotopic (exact) mass is 547 g/mol. The van der Waals surface area contributed by atoms with E-state index in [9.17, 15) is 14.4 Å². The number of benzene rings is 2. The molecule has 40 heavy (non-hydrogen) atoms. The Morgan fingerprint density at radius 1 is 0.875 bits per heavy atom. The topological polar surface area (TPSA) is 109 Å². The Morgan fingerprint density at radius 3 is 2.15 bits per heavy atom. The van der Waals surface area contributed by atoms with Crippen LogP contribution >= 0.6 is 0 Å². The lowest BCUT2D eigenvalue weighted by atomic mass is 10.1. The van der Waals surface area contributed by atoms with Crippen molar-refractivity contribution in [2.24, 2.45) is 0 Å². The van der Waals surface area contributed by atoms with Crippen molar-refractivity contribution in [1.82, 2.24) is 14.9 Å². The second-order valence-corrected chi connectivity index (χ2v) is 9.37. The van der Waals surface area contributed by atoms with Crippen LogP contribution in [0.15, 0.2) is 73.2 Å². The van der Waals surface area contributed by atoms with Gasteiger partial charge in [0.1, 0.15) is 24.4 Å². The second-order valence-electron chi connectivity index (χ2n) is 9.37. The van der Waals surface area contributed by atoms with Gasteiger partial charge in [0, 0.05) is 11.8 Å². The minimum absolute atomic E-state index is 0.00575. The van der Waals surface area contributed by atoms with Gasteiger partial charge in [-0.2, -0.15) is 0 Å².